The molecule has 2 N–H and O–H groups in total. The number of rotatable bonds is 4. The summed E-state index contributed by atoms with van der Waals surface area (Å²) in [5, 5.41) is 9.27. The van der Waals surface area contributed by atoms with E-state index in [-0.39, 0.29) is 0 Å². The fourth-order valence-corrected chi connectivity index (χ4v) is 1.95. The summed E-state index contributed by atoms with van der Waals surface area (Å²) in [6.07, 6.45) is 1.53. The molecule has 16 heavy (non-hydrogen) atoms. The second-order valence-corrected chi connectivity index (χ2v) is 4.22. The third-order valence-electron chi connectivity index (χ3n) is 2.01. The largest absolute Gasteiger partial charge is 0.373 e. The van der Waals surface area contributed by atoms with Crippen molar-refractivity contribution >= 4 is 23.0 Å². The summed E-state index contributed by atoms with van der Waals surface area (Å²) in [6, 6.07) is 1.86. The van der Waals surface area contributed by atoms with Crippen molar-refractivity contribution in [3.8, 4) is 0 Å². The van der Waals surface area contributed by atoms with Crippen LogP contribution in [0, 0.1) is 6.92 Å². The third kappa shape index (κ3) is 2.66. The Morgan fingerprint density at radius 1 is 1.31 bits per heavy atom. The molecule has 0 fully saturated rings. The van der Waals surface area contributed by atoms with E-state index in [2.05, 4.69) is 25.6 Å². The van der Waals surface area contributed by atoms with E-state index in [0.29, 0.717) is 6.54 Å². The van der Waals surface area contributed by atoms with Crippen LogP contribution in [0.2, 0.25) is 0 Å². The van der Waals surface area contributed by atoms with Crippen LogP contribution in [0.15, 0.2) is 17.8 Å². The van der Waals surface area contributed by atoms with Crippen molar-refractivity contribution in [2.45, 2.75) is 13.5 Å². The van der Waals surface area contributed by atoms with E-state index < -0.39 is 0 Å². The summed E-state index contributed by atoms with van der Waals surface area (Å²) < 4.78 is 0. The fourth-order valence-electron chi connectivity index (χ4n) is 1.24. The molecule has 0 radical (unpaired) electrons. The molecule has 0 saturated heterocycles. The minimum absolute atomic E-state index is 0.693. The van der Waals surface area contributed by atoms with Gasteiger partial charge in [0.25, 0.3) is 0 Å². The number of hydrogen-bond donors (Lipinski definition) is 2. The Hall–Kier alpha value is -1.69. The maximum Gasteiger partial charge on any atom is 0.131 e. The standard InChI is InChI=1S/C10H13N5S/c1-7-5-16-10(15-7)4-12-9-3-8(11-2)13-6-14-9/h3,5-6H,4H2,1-2H3,(H2,11,12,13,14). The van der Waals surface area contributed by atoms with Crippen molar-refractivity contribution in [2.75, 3.05) is 17.7 Å². The third-order valence-corrected chi connectivity index (χ3v) is 2.98. The fraction of sp³-hybridized carbons (Fsp3) is 0.300. The van der Waals surface area contributed by atoms with Crippen LogP contribution >= 0.6 is 11.3 Å². The molecule has 0 aliphatic carbocycles. The first-order chi connectivity index (χ1) is 7.78. The van der Waals surface area contributed by atoms with Gasteiger partial charge in [0.2, 0.25) is 0 Å². The lowest BCUT2D eigenvalue weighted by Crippen LogP contribution is -2.02. The van der Waals surface area contributed by atoms with Gasteiger partial charge in [-0.05, 0) is 6.92 Å². The van der Waals surface area contributed by atoms with E-state index in [4.69, 9.17) is 0 Å². The van der Waals surface area contributed by atoms with Crippen molar-refractivity contribution in [3.05, 3.63) is 28.5 Å². The zero-order valence-electron chi connectivity index (χ0n) is 9.19. The van der Waals surface area contributed by atoms with Gasteiger partial charge in [0.1, 0.15) is 23.0 Å². The molecule has 0 aliphatic rings. The van der Waals surface area contributed by atoms with Crippen molar-refractivity contribution in [2.24, 2.45) is 0 Å². The minimum Gasteiger partial charge on any atom is -0.373 e. The quantitative estimate of drug-likeness (QED) is 0.847. The molecule has 2 rings (SSSR count). The molecule has 2 aromatic heterocycles. The van der Waals surface area contributed by atoms with Gasteiger partial charge in [-0.1, -0.05) is 0 Å². The number of nitrogens with zero attached hydrogens (tertiary/aromatic N) is 3. The molecular formula is C10H13N5S. The van der Waals surface area contributed by atoms with Crippen LogP contribution in [-0.4, -0.2) is 22.0 Å². The van der Waals surface area contributed by atoms with Crippen LogP contribution in [-0.2, 0) is 6.54 Å². The van der Waals surface area contributed by atoms with Crippen molar-refractivity contribution in [1.29, 1.82) is 0 Å². The van der Waals surface area contributed by atoms with Gasteiger partial charge in [-0.2, -0.15) is 0 Å². The van der Waals surface area contributed by atoms with E-state index in [1.807, 2.05) is 25.4 Å². The second-order valence-electron chi connectivity index (χ2n) is 3.27. The van der Waals surface area contributed by atoms with Gasteiger partial charge in [0, 0.05) is 24.2 Å². The minimum atomic E-state index is 0.693. The second kappa shape index (κ2) is 4.89. The zero-order chi connectivity index (χ0) is 11.4. The summed E-state index contributed by atoms with van der Waals surface area (Å²) in [5.41, 5.74) is 1.06. The maximum absolute atomic E-state index is 4.37. The number of nitrogens with one attached hydrogen (secondary N) is 2. The Morgan fingerprint density at radius 3 is 2.81 bits per heavy atom. The topological polar surface area (TPSA) is 62.7 Å². The Morgan fingerprint density at radius 2 is 2.12 bits per heavy atom. The van der Waals surface area contributed by atoms with Crippen molar-refractivity contribution in [1.82, 2.24) is 15.0 Å². The lowest BCUT2D eigenvalue weighted by molar-refractivity contribution is 1.04. The van der Waals surface area contributed by atoms with Gasteiger partial charge in [0.05, 0.1) is 6.54 Å². The number of aryl methyl sites for hydroxylation is 1. The molecule has 0 aliphatic heterocycles. The molecule has 0 saturated carbocycles. The molecule has 5 nitrogen and oxygen atoms in total. The first kappa shape index (κ1) is 10.8. The van der Waals surface area contributed by atoms with Gasteiger partial charge >= 0.3 is 0 Å². The van der Waals surface area contributed by atoms with Crippen molar-refractivity contribution in [3.63, 3.8) is 0 Å². The molecule has 84 valence electrons. The summed E-state index contributed by atoms with van der Waals surface area (Å²) in [5.74, 6) is 1.60. The molecule has 2 aromatic rings. The predicted octanol–water partition coefficient (Wildman–Crippen LogP) is 1.90. The maximum atomic E-state index is 4.37. The highest BCUT2D eigenvalue weighted by Crippen LogP contribution is 2.12. The molecular weight excluding hydrogens is 222 g/mol. The Kier molecular flexibility index (Phi) is 3.31. The Balaban J connectivity index is 1.99. The monoisotopic (exact) mass is 235 g/mol. The average molecular weight is 235 g/mol. The highest BCUT2D eigenvalue weighted by molar-refractivity contribution is 7.09. The number of anilines is 2. The lowest BCUT2D eigenvalue weighted by atomic mass is 10.5. The van der Waals surface area contributed by atoms with Crippen LogP contribution in [0.25, 0.3) is 0 Å². The Labute approximate surface area is 98.0 Å². The van der Waals surface area contributed by atoms with Gasteiger partial charge in [-0.25, -0.2) is 15.0 Å². The highest BCUT2D eigenvalue weighted by atomic mass is 32.1. The normalized spacial score (nSPS) is 10.1. The van der Waals surface area contributed by atoms with Gasteiger partial charge in [0.15, 0.2) is 0 Å². The first-order valence-corrected chi connectivity index (χ1v) is 5.80. The average Bonchev–Trinajstić information content (AvgIpc) is 2.73. The predicted molar refractivity (Wildman–Crippen MR) is 65.8 cm³/mol. The van der Waals surface area contributed by atoms with Crippen molar-refractivity contribution < 1.29 is 0 Å². The van der Waals surface area contributed by atoms with Crippen LogP contribution < -0.4 is 10.6 Å². The van der Waals surface area contributed by atoms with Crippen LogP contribution in [0.3, 0.4) is 0 Å². The summed E-state index contributed by atoms with van der Waals surface area (Å²) in [7, 11) is 1.83. The summed E-state index contributed by atoms with van der Waals surface area (Å²) in [6.45, 7) is 2.68. The zero-order valence-corrected chi connectivity index (χ0v) is 10.0. The van der Waals surface area contributed by atoms with Gasteiger partial charge in [-0.15, -0.1) is 11.3 Å². The van der Waals surface area contributed by atoms with E-state index in [1.165, 1.54) is 6.33 Å². The first-order valence-electron chi connectivity index (χ1n) is 4.92. The van der Waals surface area contributed by atoms with Gasteiger partial charge in [-0.3, -0.25) is 0 Å². The van der Waals surface area contributed by atoms with E-state index >= 15 is 0 Å². The van der Waals surface area contributed by atoms with E-state index in [9.17, 15) is 0 Å². The SMILES string of the molecule is CNc1cc(NCc2nc(C)cs2)ncn1. The molecule has 0 amide bonds. The molecule has 0 aromatic carbocycles. The number of thiazole rings is 1. The molecule has 2 heterocycles. The van der Waals surface area contributed by atoms with Gasteiger partial charge < -0.3 is 10.6 Å². The number of aromatic nitrogens is 3. The van der Waals surface area contributed by atoms with Crippen LogP contribution in [0.5, 0.6) is 0 Å². The highest BCUT2D eigenvalue weighted by Gasteiger charge is 2.00. The molecule has 6 heteroatoms. The smallest absolute Gasteiger partial charge is 0.131 e. The number of hydrogen-bond acceptors (Lipinski definition) is 6. The van der Waals surface area contributed by atoms with Crippen LogP contribution in [0.1, 0.15) is 10.7 Å². The summed E-state index contributed by atoms with van der Waals surface area (Å²) >= 11 is 1.65. The molecule has 0 spiro atoms. The molecule has 0 bridgehead atoms. The lowest BCUT2D eigenvalue weighted by Gasteiger charge is -2.04. The molecule has 0 atom stereocenters. The van der Waals surface area contributed by atoms with E-state index in [1.54, 1.807) is 11.3 Å². The Bertz CT molecular complexity index is 468. The van der Waals surface area contributed by atoms with Crippen LogP contribution in [0.4, 0.5) is 11.6 Å². The summed E-state index contributed by atoms with van der Waals surface area (Å²) in [4.78, 5) is 12.5. The van der Waals surface area contributed by atoms with E-state index in [0.717, 1.165) is 22.3 Å². The molecule has 0 unspecified atom stereocenters.